The molecule has 0 spiro atoms. The fraction of sp³-hybridized carbons (Fsp3) is 0.533. The quantitative estimate of drug-likeness (QED) is 0.179. The third-order valence-corrected chi connectivity index (χ3v) is 5.74. The summed E-state index contributed by atoms with van der Waals surface area (Å²) < 4.78 is 11.6. The number of allylic oxidation sites excluding steroid dienone is 4. The standard InChI is InChI=1S/C30H44O2/c1-3-4-5-6-7-8-9-10-11-12-13-14-15-16-17-18-23-31-26-28-20-22-30-29(24-28)21-19-27(2)25-32-30/h7-8,10-11,19-22,24H,2-6,9,12-18,23,25-26H2,1H3/b8-7-,11-10-. The summed E-state index contributed by atoms with van der Waals surface area (Å²) in [6.45, 7) is 8.30. The smallest absolute Gasteiger partial charge is 0.127 e. The van der Waals surface area contributed by atoms with Crippen molar-refractivity contribution in [1.29, 1.82) is 0 Å². The highest BCUT2D eigenvalue weighted by atomic mass is 16.5. The van der Waals surface area contributed by atoms with Gasteiger partial charge >= 0.3 is 0 Å². The van der Waals surface area contributed by atoms with E-state index in [9.17, 15) is 0 Å². The highest BCUT2D eigenvalue weighted by Gasteiger charge is 2.07. The molecule has 1 aromatic rings. The second kappa shape index (κ2) is 17.5. The van der Waals surface area contributed by atoms with E-state index in [1.54, 1.807) is 0 Å². The van der Waals surface area contributed by atoms with Gasteiger partial charge in [-0.3, -0.25) is 0 Å². The van der Waals surface area contributed by atoms with Crippen LogP contribution in [0.3, 0.4) is 0 Å². The van der Waals surface area contributed by atoms with Gasteiger partial charge in [0.15, 0.2) is 0 Å². The number of unbranched alkanes of at least 4 members (excludes halogenated alkanes) is 9. The lowest BCUT2D eigenvalue weighted by atomic mass is 10.1. The van der Waals surface area contributed by atoms with Gasteiger partial charge in [0.1, 0.15) is 12.4 Å². The Bertz CT molecular complexity index is 726. The van der Waals surface area contributed by atoms with Crippen LogP contribution in [-0.2, 0) is 11.3 Å². The van der Waals surface area contributed by atoms with Crippen LogP contribution < -0.4 is 4.74 Å². The molecular formula is C30H44O2. The summed E-state index contributed by atoms with van der Waals surface area (Å²) in [4.78, 5) is 0. The summed E-state index contributed by atoms with van der Waals surface area (Å²) in [7, 11) is 0. The van der Waals surface area contributed by atoms with E-state index in [0.29, 0.717) is 13.2 Å². The molecule has 2 nitrogen and oxygen atoms in total. The molecule has 0 radical (unpaired) electrons. The van der Waals surface area contributed by atoms with Crippen molar-refractivity contribution >= 4 is 6.08 Å². The van der Waals surface area contributed by atoms with E-state index in [1.165, 1.54) is 69.8 Å². The van der Waals surface area contributed by atoms with Gasteiger partial charge in [0.2, 0.25) is 0 Å². The number of hydrogen-bond donors (Lipinski definition) is 0. The lowest BCUT2D eigenvalue weighted by Crippen LogP contribution is -1.99. The molecule has 0 unspecified atom stereocenters. The minimum atomic E-state index is 0.562. The van der Waals surface area contributed by atoms with Gasteiger partial charge in [-0.2, -0.15) is 0 Å². The monoisotopic (exact) mass is 436 g/mol. The molecule has 1 aromatic carbocycles. The molecule has 176 valence electrons. The Kier molecular flexibility index (Phi) is 14.3. The Morgan fingerprint density at radius 1 is 0.875 bits per heavy atom. The zero-order valence-electron chi connectivity index (χ0n) is 20.3. The molecule has 2 rings (SSSR count). The van der Waals surface area contributed by atoms with Gasteiger partial charge in [-0.1, -0.05) is 94.6 Å². The van der Waals surface area contributed by atoms with Crippen LogP contribution in [0.2, 0.25) is 0 Å². The van der Waals surface area contributed by atoms with E-state index < -0.39 is 0 Å². The number of hydrogen-bond acceptors (Lipinski definition) is 2. The van der Waals surface area contributed by atoms with E-state index in [2.05, 4.69) is 56.0 Å². The van der Waals surface area contributed by atoms with Crippen molar-refractivity contribution in [1.82, 2.24) is 0 Å². The number of ether oxygens (including phenoxy) is 2. The van der Waals surface area contributed by atoms with E-state index in [1.807, 2.05) is 12.1 Å². The molecule has 1 aliphatic heterocycles. The molecule has 2 heteroatoms. The zero-order chi connectivity index (χ0) is 22.7. The predicted molar refractivity (Wildman–Crippen MR) is 139 cm³/mol. The van der Waals surface area contributed by atoms with E-state index in [4.69, 9.17) is 9.47 Å². The molecule has 0 saturated heterocycles. The van der Waals surface area contributed by atoms with Crippen molar-refractivity contribution in [2.75, 3.05) is 13.2 Å². The normalized spacial score (nSPS) is 13.6. The Labute approximate surface area is 197 Å². The van der Waals surface area contributed by atoms with Crippen molar-refractivity contribution in [3.63, 3.8) is 0 Å². The molecule has 32 heavy (non-hydrogen) atoms. The molecule has 0 fully saturated rings. The number of fused-ring (bicyclic) bond motifs is 1. The topological polar surface area (TPSA) is 18.5 Å². The first-order valence-corrected chi connectivity index (χ1v) is 12.8. The third-order valence-electron chi connectivity index (χ3n) is 5.74. The first-order chi connectivity index (χ1) is 15.8. The summed E-state index contributed by atoms with van der Waals surface area (Å²) in [5.41, 5.74) is 3.31. The van der Waals surface area contributed by atoms with Gasteiger partial charge in [0.05, 0.1) is 6.61 Å². The molecule has 1 heterocycles. The highest BCUT2D eigenvalue weighted by molar-refractivity contribution is 5.61. The van der Waals surface area contributed by atoms with Crippen molar-refractivity contribution in [2.45, 2.75) is 90.6 Å². The summed E-state index contributed by atoms with van der Waals surface area (Å²) >= 11 is 0. The van der Waals surface area contributed by atoms with Gasteiger partial charge in [-0.25, -0.2) is 0 Å². The van der Waals surface area contributed by atoms with E-state index in [-0.39, 0.29) is 0 Å². The van der Waals surface area contributed by atoms with Crippen LogP contribution in [0.25, 0.3) is 6.08 Å². The average Bonchev–Trinajstić information content (AvgIpc) is 2.99. The maximum atomic E-state index is 5.89. The van der Waals surface area contributed by atoms with E-state index >= 15 is 0 Å². The molecule has 0 bridgehead atoms. The molecule has 0 atom stereocenters. The Morgan fingerprint density at radius 2 is 1.59 bits per heavy atom. The van der Waals surface area contributed by atoms with Crippen molar-refractivity contribution in [3.05, 3.63) is 71.9 Å². The van der Waals surface area contributed by atoms with Crippen LogP contribution >= 0.6 is 0 Å². The van der Waals surface area contributed by atoms with Crippen LogP contribution in [0.1, 0.15) is 95.1 Å². The largest absolute Gasteiger partial charge is 0.488 e. The first kappa shape index (κ1) is 26.2. The summed E-state index contributed by atoms with van der Waals surface area (Å²) in [6, 6.07) is 6.29. The highest BCUT2D eigenvalue weighted by Crippen LogP contribution is 2.25. The molecule has 0 aliphatic carbocycles. The Hall–Kier alpha value is -2.06. The first-order valence-electron chi connectivity index (χ1n) is 12.8. The van der Waals surface area contributed by atoms with Crippen LogP contribution in [-0.4, -0.2) is 13.2 Å². The van der Waals surface area contributed by atoms with Gasteiger partial charge in [-0.05, 0) is 61.8 Å². The Balaban J connectivity index is 1.40. The van der Waals surface area contributed by atoms with Gasteiger partial charge in [-0.15, -0.1) is 0 Å². The average molecular weight is 437 g/mol. The number of rotatable bonds is 17. The van der Waals surface area contributed by atoms with Crippen molar-refractivity contribution in [2.24, 2.45) is 0 Å². The van der Waals surface area contributed by atoms with Gasteiger partial charge in [0.25, 0.3) is 0 Å². The summed E-state index contributed by atoms with van der Waals surface area (Å²) in [5, 5.41) is 0. The third kappa shape index (κ3) is 12.1. The lowest BCUT2D eigenvalue weighted by molar-refractivity contribution is 0.116. The SMILES string of the molecule is C=C1C=Cc2cc(COCCCCCCCC/C=C\C/C=C\CCCCC)ccc2OC1. The van der Waals surface area contributed by atoms with Gasteiger partial charge in [0, 0.05) is 12.2 Å². The molecule has 1 aliphatic rings. The van der Waals surface area contributed by atoms with Crippen LogP contribution in [0.15, 0.2) is 60.7 Å². The van der Waals surface area contributed by atoms with Crippen molar-refractivity contribution < 1.29 is 9.47 Å². The minimum Gasteiger partial charge on any atom is -0.488 e. The molecular weight excluding hydrogens is 392 g/mol. The fourth-order valence-corrected chi connectivity index (χ4v) is 3.76. The minimum absolute atomic E-state index is 0.562. The molecule has 0 N–H and O–H groups in total. The van der Waals surface area contributed by atoms with Gasteiger partial charge < -0.3 is 9.47 Å². The zero-order valence-corrected chi connectivity index (χ0v) is 20.3. The molecule has 0 amide bonds. The second-order valence-corrected chi connectivity index (χ2v) is 8.79. The summed E-state index contributed by atoms with van der Waals surface area (Å²) in [6.07, 6.45) is 28.7. The summed E-state index contributed by atoms with van der Waals surface area (Å²) in [5.74, 6) is 0.925. The number of benzene rings is 1. The van der Waals surface area contributed by atoms with Crippen LogP contribution in [0.4, 0.5) is 0 Å². The van der Waals surface area contributed by atoms with Crippen molar-refractivity contribution in [3.8, 4) is 5.75 Å². The Morgan fingerprint density at radius 3 is 2.38 bits per heavy atom. The maximum absolute atomic E-state index is 5.89. The van der Waals surface area contributed by atoms with Crippen LogP contribution in [0.5, 0.6) is 5.75 Å². The predicted octanol–water partition coefficient (Wildman–Crippen LogP) is 8.98. The fourth-order valence-electron chi connectivity index (χ4n) is 3.76. The van der Waals surface area contributed by atoms with E-state index in [0.717, 1.165) is 36.3 Å². The van der Waals surface area contributed by atoms with Crippen LogP contribution in [0, 0.1) is 0 Å². The second-order valence-electron chi connectivity index (χ2n) is 8.79. The molecule has 0 aromatic heterocycles. The molecule has 0 saturated carbocycles. The maximum Gasteiger partial charge on any atom is 0.127 e. The lowest BCUT2D eigenvalue weighted by Gasteiger charge is -2.09.